The molecule has 0 bridgehead atoms. The van der Waals surface area contributed by atoms with Crippen molar-refractivity contribution in [3.05, 3.63) is 0 Å². The minimum atomic E-state index is -4.64. The second kappa shape index (κ2) is 8.78. The van der Waals surface area contributed by atoms with E-state index in [9.17, 15) is 23.2 Å². The van der Waals surface area contributed by atoms with Crippen molar-refractivity contribution >= 4 is 10.4 Å². The molecule has 4 saturated carbocycles. The summed E-state index contributed by atoms with van der Waals surface area (Å²) in [6.45, 7) is 9.17. The second-order valence-electron chi connectivity index (χ2n) is 12.1. The van der Waals surface area contributed by atoms with Crippen molar-refractivity contribution in [2.45, 2.75) is 97.7 Å². The maximum absolute atomic E-state index is 11.7. The van der Waals surface area contributed by atoms with Gasteiger partial charge in [0, 0.05) is 0 Å². The molecule has 32 heavy (non-hydrogen) atoms. The smallest absolute Gasteiger partial charge is 0.217 e. The number of aliphatic hydroxyl groups excluding tert-OH is 2. The average Bonchev–Trinajstić information content (AvgIpc) is 3.06. The Morgan fingerprint density at radius 3 is 2.34 bits per heavy atom. The van der Waals surface area contributed by atoms with Gasteiger partial charge in [-0.2, -0.15) is 0 Å². The van der Waals surface area contributed by atoms with Gasteiger partial charge in [0.1, 0.15) is 0 Å². The fourth-order valence-corrected chi connectivity index (χ4v) is 9.77. The van der Waals surface area contributed by atoms with Crippen LogP contribution in [-0.4, -0.2) is 42.0 Å². The zero-order chi connectivity index (χ0) is 23.5. The Balaban J connectivity index is 1.56. The van der Waals surface area contributed by atoms with Gasteiger partial charge in [-0.15, -0.1) is 0 Å². The van der Waals surface area contributed by atoms with Crippen LogP contribution in [0.25, 0.3) is 0 Å². The van der Waals surface area contributed by atoms with Crippen molar-refractivity contribution in [3.8, 4) is 0 Å². The van der Waals surface area contributed by atoms with Gasteiger partial charge < -0.3 is 14.8 Å². The van der Waals surface area contributed by atoms with Crippen LogP contribution in [0.15, 0.2) is 0 Å². The van der Waals surface area contributed by atoms with Gasteiger partial charge in [-0.25, -0.2) is 8.42 Å². The lowest BCUT2D eigenvalue weighted by molar-refractivity contribution is -0.203. The van der Waals surface area contributed by atoms with E-state index in [1.165, 1.54) is 0 Å². The SMILES string of the molecule is CC[C@@H]1C2C[C@H](O)CC[C@]2(C)C2CC[C@@]3(C)C(CCC3[C@H](C)CCOS(=O)(=O)[O-])C2[C@@H]1O. The first-order valence-electron chi connectivity index (χ1n) is 12.9. The van der Waals surface area contributed by atoms with E-state index in [2.05, 4.69) is 31.9 Å². The molecule has 0 spiro atoms. The average molecular weight is 472 g/mol. The molecular formula is C25H43O6S-. The largest absolute Gasteiger partial charge is 0.726 e. The predicted octanol–water partition coefficient (Wildman–Crippen LogP) is 4.12. The van der Waals surface area contributed by atoms with Gasteiger partial charge in [-0.05, 0) is 104 Å². The molecule has 186 valence electrons. The van der Waals surface area contributed by atoms with E-state index in [0.717, 1.165) is 51.4 Å². The number of hydrogen-bond donors (Lipinski definition) is 2. The van der Waals surface area contributed by atoms with Crippen LogP contribution < -0.4 is 0 Å². The van der Waals surface area contributed by atoms with Gasteiger partial charge in [-0.1, -0.05) is 34.1 Å². The highest BCUT2D eigenvalue weighted by Gasteiger charge is 2.64. The lowest BCUT2D eigenvalue weighted by Gasteiger charge is -2.64. The normalized spacial score (nSPS) is 49.7. The van der Waals surface area contributed by atoms with Gasteiger partial charge in [0.25, 0.3) is 0 Å². The van der Waals surface area contributed by atoms with Crippen LogP contribution in [0.4, 0.5) is 0 Å². The van der Waals surface area contributed by atoms with Crippen LogP contribution in [0.1, 0.15) is 85.5 Å². The molecular weight excluding hydrogens is 428 g/mol. The molecule has 4 rings (SSSR count). The number of hydrogen-bond acceptors (Lipinski definition) is 6. The number of rotatable bonds is 6. The van der Waals surface area contributed by atoms with Crippen molar-refractivity contribution in [2.24, 2.45) is 52.3 Å². The first-order valence-corrected chi connectivity index (χ1v) is 14.2. The monoisotopic (exact) mass is 471 g/mol. The van der Waals surface area contributed by atoms with E-state index >= 15 is 0 Å². The van der Waals surface area contributed by atoms with Gasteiger partial charge in [-0.3, -0.25) is 4.18 Å². The van der Waals surface area contributed by atoms with E-state index in [-0.39, 0.29) is 41.5 Å². The summed E-state index contributed by atoms with van der Waals surface area (Å²) in [5.41, 5.74) is 0.332. The Morgan fingerprint density at radius 2 is 1.69 bits per heavy atom. The molecule has 4 aliphatic carbocycles. The molecule has 0 saturated heterocycles. The molecule has 0 aromatic rings. The topological polar surface area (TPSA) is 107 Å². The van der Waals surface area contributed by atoms with Gasteiger partial charge >= 0.3 is 0 Å². The van der Waals surface area contributed by atoms with Crippen LogP contribution in [0, 0.1) is 52.3 Å². The Labute approximate surface area is 194 Å². The molecule has 4 aliphatic rings. The van der Waals surface area contributed by atoms with Crippen LogP contribution >= 0.6 is 0 Å². The summed E-state index contributed by atoms with van der Waals surface area (Å²) in [5, 5.41) is 22.1. The van der Waals surface area contributed by atoms with Crippen LogP contribution in [0.2, 0.25) is 0 Å². The molecule has 0 heterocycles. The third-order valence-electron chi connectivity index (χ3n) is 11.0. The van der Waals surface area contributed by atoms with Gasteiger partial charge in [0.15, 0.2) is 0 Å². The Kier molecular flexibility index (Phi) is 6.83. The van der Waals surface area contributed by atoms with Crippen molar-refractivity contribution in [3.63, 3.8) is 0 Å². The first kappa shape index (κ1) is 24.9. The lowest BCUT2D eigenvalue weighted by atomic mass is 9.41. The minimum absolute atomic E-state index is 0.0427. The summed E-state index contributed by atoms with van der Waals surface area (Å²) in [4.78, 5) is 0. The first-order chi connectivity index (χ1) is 14.9. The zero-order valence-corrected chi connectivity index (χ0v) is 21.0. The molecule has 11 atom stereocenters. The maximum atomic E-state index is 11.7. The van der Waals surface area contributed by atoms with Crippen molar-refractivity contribution < 1.29 is 27.4 Å². The highest BCUT2D eigenvalue weighted by Crippen LogP contribution is 2.69. The van der Waals surface area contributed by atoms with E-state index in [4.69, 9.17) is 0 Å². The Bertz CT molecular complexity index is 785. The summed E-state index contributed by atoms with van der Waals surface area (Å²) in [7, 11) is -4.64. The second-order valence-corrected chi connectivity index (χ2v) is 13.2. The quantitative estimate of drug-likeness (QED) is 0.446. The molecule has 0 amide bonds. The minimum Gasteiger partial charge on any atom is -0.726 e. The van der Waals surface area contributed by atoms with Crippen molar-refractivity contribution in [1.82, 2.24) is 0 Å². The lowest BCUT2D eigenvalue weighted by Crippen LogP contribution is -2.62. The van der Waals surface area contributed by atoms with Crippen LogP contribution in [0.5, 0.6) is 0 Å². The highest BCUT2D eigenvalue weighted by atomic mass is 32.3. The fourth-order valence-electron chi connectivity index (χ4n) is 9.47. The predicted molar refractivity (Wildman–Crippen MR) is 121 cm³/mol. The summed E-state index contributed by atoms with van der Waals surface area (Å²) in [5.74, 6) is 2.69. The van der Waals surface area contributed by atoms with Crippen molar-refractivity contribution in [1.29, 1.82) is 0 Å². The molecule has 5 unspecified atom stereocenters. The maximum Gasteiger partial charge on any atom is 0.217 e. The van der Waals surface area contributed by atoms with Crippen LogP contribution in [0.3, 0.4) is 0 Å². The molecule has 2 N–H and O–H groups in total. The summed E-state index contributed by atoms with van der Waals surface area (Å²) in [6, 6.07) is 0. The van der Waals surface area contributed by atoms with Gasteiger partial charge in [0.05, 0.1) is 18.8 Å². The summed E-state index contributed by atoms with van der Waals surface area (Å²) >= 11 is 0. The van der Waals surface area contributed by atoms with Crippen molar-refractivity contribution in [2.75, 3.05) is 6.61 Å². The van der Waals surface area contributed by atoms with E-state index < -0.39 is 10.4 Å². The third-order valence-corrected chi connectivity index (χ3v) is 11.4. The standard InChI is InChI=1S/C25H44O6S/c1-5-17-21-14-16(26)8-11-25(21,4)20-9-12-24(3)18(6-7-19(24)22(20)23(17)27)15(2)10-13-31-32(28,29)30/h15-23,26-27H,5-14H2,1-4H3,(H,28,29,30)/p-1/t15-,16-,17-,18?,19?,20?,21?,22?,23-,24-,25-/m1/s1. The number of fused-ring (bicyclic) bond motifs is 5. The molecule has 0 aromatic carbocycles. The fraction of sp³-hybridized carbons (Fsp3) is 1.00. The van der Waals surface area contributed by atoms with Crippen LogP contribution in [-0.2, 0) is 14.6 Å². The third kappa shape index (κ3) is 4.08. The molecule has 7 heteroatoms. The van der Waals surface area contributed by atoms with E-state index in [1.54, 1.807) is 0 Å². The Hall–Kier alpha value is -0.210. The summed E-state index contributed by atoms with van der Waals surface area (Å²) in [6.07, 6.45) is 8.26. The molecule has 0 aliphatic heterocycles. The molecule has 4 fully saturated rings. The van der Waals surface area contributed by atoms with E-state index in [0.29, 0.717) is 36.0 Å². The zero-order valence-electron chi connectivity index (χ0n) is 20.2. The molecule has 0 radical (unpaired) electrons. The number of aliphatic hydroxyl groups is 2. The summed E-state index contributed by atoms with van der Waals surface area (Å²) < 4.78 is 37.0. The molecule has 0 aromatic heterocycles. The Morgan fingerprint density at radius 1 is 1.03 bits per heavy atom. The highest BCUT2D eigenvalue weighted by molar-refractivity contribution is 7.80. The molecule has 6 nitrogen and oxygen atoms in total. The van der Waals surface area contributed by atoms with E-state index in [1.807, 2.05) is 0 Å². The van der Waals surface area contributed by atoms with Gasteiger partial charge in [0.2, 0.25) is 10.4 Å².